The molecule has 0 spiro atoms. The van der Waals surface area contributed by atoms with E-state index in [1.165, 1.54) is 35.6 Å². The number of carbonyl (C=O) groups excluding carboxylic acids is 1. The van der Waals surface area contributed by atoms with E-state index in [4.69, 9.17) is 5.11 Å². The van der Waals surface area contributed by atoms with E-state index in [0.29, 0.717) is 18.0 Å². The Morgan fingerprint density at radius 1 is 1.33 bits per heavy atom. The third-order valence-corrected chi connectivity index (χ3v) is 5.42. The Morgan fingerprint density at radius 2 is 2.17 bits per heavy atom. The molecule has 1 fully saturated rings. The number of nitrogens with one attached hydrogen (secondary N) is 2. The highest BCUT2D eigenvalue weighted by Gasteiger charge is 2.20. The summed E-state index contributed by atoms with van der Waals surface area (Å²) in [6.45, 7) is 0.922. The smallest absolute Gasteiger partial charge is 0.251 e. The molecule has 1 aromatic heterocycles. The average molecular weight is 345 g/mol. The van der Waals surface area contributed by atoms with Crippen molar-refractivity contribution in [2.24, 2.45) is 0 Å². The molecule has 0 atom stereocenters. The zero-order valence-corrected chi connectivity index (χ0v) is 14.4. The molecule has 2 aromatic rings. The minimum atomic E-state index is -0.172. The van der Waals surface area contributed by atoms with E-state index in [2.05, 4.69) is 15.6 Å². The molecule has 24 heavy (non-hydrogen) atoms. The number of benzene rings is 1. The van der Waals surface area contributed by atoms with Gasteiger partial charge < -0.3 is 15.7 Å². The fourth-order valence-corrected chi connectivity index (χ4v) is 4.02. The first-order valence-electron chi connectivity index (χ1n) is 8.44. The van der Waals surface area contributed by atoms with E-state index in [9.17, 15) is 4.79 Å². The summed E-state index contributed by atoms with van der Waals surface area (Å²) in [5.74, 6) is 0.483. The number of thiazole rings is 1. The molecular weight excluding hydrogens is 322 g/mol. The predicted octanol–water partition coefficient (Wildman–Crippen LogP) is 3.13. The molecule has 0 unspecified atom stereocenters. The van der Waals surface area contributed by atoms with Crippen molar-refractivity contribution in [1.82, 2.24) is 10.3 Å². The van der Waals surface area contributed by atoms with Crippen LogP contribution >= 0.6 is 11.3 Å². The Morgan fingerprint density at radius 3 is 2.96 bits per heavy atom. The molecule has 6 heteroatoms. The first-order chi connectivity index (χ1) is 11.8. The molecule has 1 saturated carbocycles. The van der Waals surface area contributed by atoms with Crippen molar-refractivity contribution in [3.63, 3.8) is 0 Å². The number of aromatic nitrogens is 1. The van der Waals surface area contributed by atoms with Gasteiger partial charge >= 0.3 is 0 Å². The summed E-state index contributed by atoms with van der Waals surface area (Å²) in [5.41, 5.74) is 1.49. The summed E-state index contributed by atoms with van der Waals surface area (Å²) in [7, 11) is 0. The van der Waals surface area contributed by atoms with Gasteiger partial charge in [0.05, 0.1) is 18.2 Å². The van der Waals surface area contributed by atoms with Crippen molar-refractivity contribution in [2.45, 2.75) is 38.1 Å². The Balaban J connectivity index is 1.57. The van der Waals surface area contributed by atoms with E-state index in [1.807, 2.05) is 24.4 Å². The van der Waals surface area contributed by atoms with E-state index >= 15 is 0 Å². The molecule has 1 heterocycles. The van der Waals surface area contributed by atoms with Gasteiger partial charge in [0.15, 0.2) is 0 Å². The van der Waals surface area contributed by atoms with Crippen LogP contribution in [0.25, 0.3) is 0 Å². The molecule has 128 valence electrons. The van der Waals surface area contributed by atoms with Crippen LogP contribution in [0.5, 0.6) is 0 Å². The fraction of sp³-hybridized carbons (Fsp3) is 0.444. The molecule has 0 radical (unpaired) electrons. The highest BCUT2D eigenvalue weighted by Crippen LogP contribution is 2.36. The van der Waals surface area contributed by atoms with Gasteiger partial charge in [0, 0.05) is 34.8 Å². The number of carbonyl (C=O) groups is 1. The molecule has 3 rings (SSSR count). The Kier molecular flexibility index (Phi) is 5.82. The molecule has 5 nitrogen and oxygen atoms in total. The van der Waals surface area contributed by atoms with Gasteiger partial charge in [-0.1, -0.05) is 18.9 Å². The van der Waals surface area contributed by atoms with Gasteiger partial charge in [0.2, 0.25) is 0 Å². The zero-order chi connectivity index (χ0) is 16.8. The zero-order valence-electron chi connectivity index (χ0n) is 13.6. The van der Waals surface area contributed by atoms with E-state index in [-0.39, 0.29) is 19.1 Å². The van der Waals surface area contributed by atoms with Crippen LogP contribution in [0.3, 0.4) is 0 Å². The number of nitrogens with zero attached hydrogens (tertiary/aromatic N) is 1. The summed E-state index contributed by atoms with van der Waals surface area (Å²) in [6, 6.07) is 7.39. The topological polar surface area (TPSA) is 74.2 Å². The quantitative estimate of drug-likeness (QED) is 0.721. The lowest BCUT2D eigenvalue weighted by molar-refractivity contribution is 0.0945. The maximum Gasteiger partial charge on any atom is 0.251 e. The van der Waals surface area contributed by atoms with Gasteiger partial charge in [-0.15, -0.1) is 11.3 Å². The minimum Gasteiger partial charge on any atom is -0.395 e. The van der Waals surface area contributed by atoms with Gasteiger partial charge in [0.25, 0.3) is 5.91 Å². The number of hydrogen-bond donors (Lipinski definition) is 3. The minimum absolute atomic E-state index is 0.0572. The first-order valence-corrected chi connectivity index (χ1v) is 9.25. The van der Waals surface area contributed by atoms with Gasteiger partial charge in [-0.3, -0.25) is 4.79 Å². The van der Waals surface area contributed by atoms with Gasteiger partial charge in [-0.2, -0.15) is 0 Å². The number of aliphatic hydroxyl groups excluding tert-OH is 1. The Hall–Kier alpha value is -1.92. The van der Waals surface area contributed by atoms with Crippen LogP contribution in [0.15, 0.2) is 30.5 Å². The molecule has 3 N–H and O–H groups in total. The Labute approximate surface area is 146 Å². The first kappa shape index (κ1) is 16.9. The van der Waals surface area contributed by atoms with Crippen LogP contribution in [-0.2, 0) is 6.54 Å². The summed E-state index contributed by atoms with van der Waals surface area (Å²) in [5, 5.41) is 16.1. The summed E-state index contributed by atoms with van der Waals surface area (Å²) < 4.78 is 0. The monoisotopic (exact) mass is 345 g/mol. The van der Waals surface area contributed by atoms with Crippen LogP contribution < -0.4 is 10.6 Å². The molecule has 0 saturated heterocycles. The Bertz CT molecular complexity index is 680. The third-order valence-electron chi connectivity index (χ3n) is 4.26. The predicted molar refractivity (Wildman–Crippen MR) is 96.5 cm³/mol. The molecular formula is C18H23N3O2S. The highest BCUT2D eigenvalue weighted by molar-refractivity contribution is 7.11. The van der Waals surface area contributed by atoms with Crippen molar-refractivity contribution in [2.75, 3.05) is 18.5 Å². The van der Waals surface area contributed by atoms with Gasteiger partial charge in [-0.25, -0.2) is 4.98 Å². The van der Waals surface area contributed by atoms with Crippen molar-refractivity contribution in [3.05, 3.63) is 45.9 Å². The van der Waals surface area contributed by atoms with Crippen LogP contribution in [0.4, 0.5) is 5.69 Å². The second-order valence-electron chi connectivity index (χ2n) is 6.06. The number of anilines is 1. The second kappa shape index (κ2) is 8.26. The molecule has 0 bridgehead atoms. The number of amides is 1. The third kappa shape index (κ3) is 4.33. The van der Waals surface area contributed by atoms with Crippen LogP contribution in [0.1, 0.15) is 51.8 Å². The second-order valence-corrected chi connectivity index (χ2v) is 7.21. The van der Waals surface area contributed by atoms with Crippen LogP contribution in [-0.4, -0.2) is 29.1 Å². The lowest BCUT2D eigenvalue weighted by atomic mass is 10.1. The van der Waals surface area contributed by atoms with E-state index < -0.39 is 0 Å². The highest BCUT2D eigenvalue weighted by atomic mass is 32.1. The lowest BCUT2D eigenvalue weighted by Crippen LogP contribution is -2.26. The van der Waals surface area contributed by atoms with E-state index in [1.54, 1.807) is 17.4 Å². The summed E-state index contributed by atoms with van der Waals surface area (Å²) >= 11 is 1.79. The lowest BCUT2D eigenvalue weighted by Gasteiger charge is -2.08. The standard InChI is InChI=1S/C18H23N3O2S/c22-9-8-19-17(23)14-6-3-7-15(10-14)20-11-16-12-21-18(24-16)13-4-1-2-5-13/h3,6-7,10,12-13,20,22H,1-2,4-5,8-9,11H2,(H,19,23). The molecule has 1 aliphatic carbocycles. The maximum atomic E-state index is 11.9. The van der Waals surface area contributed by atoms with Crippen molar-refractivity contribution < 1.29 is 9.90 Å². The largest absolute Gasteiger partial charge is 0.395 e. The molecule has 1 aliphatic rings. The fourth-order valence-electron chi connectivity index (χ4n) is 3.00. The number of aliphatic hydroxyl groups is 1. The normalized spacial score (nSPS) is 14.7. The average Bonchev–Trinajstić information content (AvgIpc) is 3.29. The number of hydrogen-bond acceptors (Lipinski definition) is 5. The molecule has 1 aromatic carbocycles. The van der Waals surface area contributed by atoms with Crippen molar-refractivity contribution >= 4 is 22.9 Å². The van der Waals surface area contributed by atoms with E-state index in [0.717, 1.165) is 5.69 Å². The number of rotatable bonds is 7. The summed E-state index contributed by atoms with van der Waals surface area (Å²) in [4.78, 5) is 17.7. The van der Waals surface area contributed by atoms with Crippen LogP contribution in [0.2, 0.25) is 0 Å². The van der Waals surface area contributed by atoms with Gasteiger partial charge in [-0.05, 0) is 31.0 Å². The van der Waals surface area contributed by atoms with Crippen molar-refractivity contribution in [1.29, 1.82) is 0 Å². The summed E-state index contributed by atoms with van der Waals surface area (Å²) in [6.07, 6.45) is 7.14. The van der Waals surface area contributed by atoms with Gasteiger partial charge in [0.1, 0.15) is 0 Å². The van der Waals surface area contributed by atoms with Crippen LogP contribution in [0, 0.1) is 0 Å². The molecule has 1 amide bonds. The SMILES string of the molecule is O=C(NCCO)c1cccc(NCc2cnc(C3CCCC3)s2)c1. The molecule has 0 aliphatic heterocycles. The maximum absolute atomic E-state index is 11.9. The van der Waals surface area contributed by atoms with Crippen molar-refractivity contribution in [3.8, 4) is 0 Å².